The Bertz CT molecular complexity index is 277. The first-order valence-corrected chi connectivity index (χ1v) is 5.36. The van der Waals surface area contributed by atoms with Gasteiger partial charge in [-0.25, -0.2) is 4.79 Å². The molecule has 0 bridgehead atoms. The molecule has 0 rings (SSSR count). The highest BCUT2D eigenvalue weighted by Gasteiger charge is 2.11. The number of carboxylic acids is 1. The summed E-state index contributed by atoms with van der Waals surface area (Å²) < 4.78 is 4.88. The van der Waals surface area contributed by atoms with Crippen molar-refractivity contribution in [1.29, 1.82) is 0 Å². The summed E-state index contributed by atoms with van der Waals surface area (Å²) in [6.07, 6.45) is 0.866. The van der Waals surface area contributed by atoms with Gasteiger partial charge in [-0.2, -0.15) is 0 Å². The first-order valence-electron chi connectivity index (χ1n) is 5.36. The fourth-order valence-corrected chi connectivity index (χ4v) is 1.15. The second-order valence-electron chi connectivity index (χ2n) is 3.69. The first kappa shape index (κ1) is 15.6. The van der Waals surface area contributed by atoms with E-state index in [1.54, 1.807) is 6.92 Å². The fourth-order valence-electron chi connectivity index (χ4n) is 1.15. The second-order valence-corrected chi connectivity index (χ2v) is 3.69. The van der Waals surface area contributed by atoms with Crippen LogP contribution >= 0.6 is 0 Å². The van der Waals surface area contributed by atoms with Crippen molar-refractivity contribution in [2.75, 3.05) is 19.8 Å². The highest BCUT2D eigenvalue weighted by molar-refractivity contribution is 5.86. The van der Waals surface area contributed by atoms with Crippen molar-refractivity contribution in [3.63, 3.8) is 0 Å². The predicted octanol–water partition coefficient (Wildman–Crippen LogP) is -0.0790. The fraction of sp³-hybridized carbons (Fsp3) is 0.636. The van der Waals surface area contributed by atoms with Crippen LogP contribution in [0.1, 0.15) is 19.8 Å². The Morgan fingerprint density at radius 2 is 2.06 bits per heavy atom. The molecule has 0 saturated heterocycles. The van der Waals surface area contributed by atoms with E-state index in [0.717, 1.165) is 0 Å². The molecule has 1 unspecified atom stereocenters. The maximum Gasteiger partial charge on any atom is 0.333 e. The van der Waals surface area contributed by atoms with Gasteiger partial charge in [-0.05, 0) is 19.8 Å². The molecule has 0 aromatic heterocycles. The van der Waals surface area contributed by atoms with Gasteiger partial charge in [-0.1, -0.05) is 6.58 Å². The molecule has 3 N–H and O–H groups in total. The van der Waals surface area contributed by atoms with Gasteiger partial charge in [0.15, 0.2) is 0 Å². The van der Waals surface area contributed by atoms with Gasteiger partial charge in [0.05, 0.1) is 13.2 Å². The third-order valence-corrected chi connectivity index (χ3v) is 2.07. The van der Waals surface area contributed by atoms with Gasteiger partial charge in [0.2, 0.25) is 0 Å². The SMILES string of the molecule is C=C(C)C(=O)OCCC(CCO)NCC(=O)O. The van der Waals surface area contributed by atoms with E-state index >= 15 is 0 Å². The van der Waals surface area contributed by atoms with E-state index < -0.39 is 11.9 Å². The predicted molar refractivity (Wildman–Crippen MR) is 61.5 cm³/mol. The average molecular weight is 245 g/mol. The van der Waals surface area contributed by atoms with Crippen molar-refractivity contribution in [3.05, 3.63) is 12.2 Å². The van der Waals surface area contributed by atoms with E-state index in [0.29, 0.717) is 18.4 Å². The summed E-state index contributed by atoms with van der Waals surface area (Å²) in [5.74, 6) is -1.43. The molecule has 0 aliphatic carbocycles. The number of carboxylic acid groups (broad SMARTS) is 1. The van der Waals surface area contributed by atoms with Gasteiger partial charge >= 0.3 is 11.9 Å². The van der Waals surface area contributed by atoms with Crippen LogP contribution in [0, 0.1) is 0 Å². The smallest absolute Gasteiger partial charge is 0.333 e. The summed E-state index contributed by atoms with van der Waals surface area (Å²) in [5.41, 5.74) is 0.321. The topological polar surface area (TPSA) is 95.9 Å². The molecule has 6 nitrogen and oxygen atoms in total. The van der Waals surface area contributed by atoms with E-state index in [1.165, 1.54) is 0 Å². The maximum absolute atomic E-state index is 11.1. The quantitative estimate of drug-likeness (QED) is 0.388. The molecule has 0 aromatic rings. The normalized spacial score (nSPS) is 11.9. The Morgan fingerprint density at radius 3 is 2.53 bits per heavy atom. The molecule has 0 amide bonds. The zero-order valence-electron chi connectivity index (χ0n) is 9.94. The van der Waals surface area contributed by atoms with Crippen LogP contribution < -0.4 is 5.32 Å². The van der Waals surface area contributed by atoms with Gasteiger partial charge < -0.3 is 20.3 Å². The molecule has 0 heterocycles. The lowest BCUT2D eigenvalue weighted by molar-refractivity contribution is -0.139. The number of nitrogens with one attached hydrogen (secondary N) is 1. The highest BCUT2D eigenvalue weighted by atomic mass is 16.5. The second kappa shape index (κ2) is 8.72. The minimum Gasteiger partial charge on any atom is -0.480 e. The lowest BCUT2D eigenvalue weighted by Gasteiger charge is -2.16. The Labute approximate surface area is 100 Å². The summed E-state index contributed by atoms with van der Waals surface area (Å²) >= 11 is 0. The van der Waals surface area contributed by atoms with Crippen molar-refractivity contribution in [2.24, 2.45) is 0 Å². The Balaban J connectivity index is 3.87. The number of hydrogen-bond donors (Lipinski definition) is 3. The standard InChI is InChI=1S/C11H19NO5/c1-8(2)11(16)17-6-4-9(3-5-13)12-7-10(14)15/h9,12-13H,1,3-7H2,2H3,(H,14,15). The van der Waals surface area contributed by atoms with Gasteiger partial charge in [-0.3, -0.25) is 4.79 Å². The van der Waals surface area contributed by atoms with Gasteiger partial charge in [-0.15, -0.1) is 0 Å². The van der Waals surface area contributed by atoms with E-state index in [2.05, 4.69) is 11.9 Å². The maximum atomic E-state index is 11.1. The molecule has 0 fully saturated rings. The summed E-state index contributed by atoms with van der Waals surface area (Å²) in [6.45, 7) is 4.93. The number of hydrogen-bond acceptors (Lipinski definition) is 5. The van der Waals surface area contributed by atoms with Crippen LogP contribution in [0.25, 0.3) is 0 Å². The van der Waals surface area contributed by atoms with Crippen LogP contribution in [0.15, 0.2) is 12.2 Å². The van der Waals surface area contributed by atoms with Crippen LogP contribution in [-0.2, 0) is 14.3 Å². The summed E-state index contributed by atoms with van der Waals surface area (Å²) in [4.78, 5) is 21.4. The van der Waals surface area contributed by atoms with Gasteiger partial charge in [0.1, 0.15) is 0 Å². The zero-order valence-corrected chi connectivity index (χ0v) is 9.94. The molecule has 0 aliphatic heterocycles. The van der Waals surface area contributed by atoms with E-state index in [9.17, 15) is 9.59 Å². The molecule has 6 heteroatoms. The number of carbonyl (C=O) groups excluding carboxylic acids is 1. The molecule has 0 aliphatic rings. The van der Waals surface area contributed by atoms with E-state index in [-0.39, 0.29) is 25.8 Å². The van der Waals surface area contributed by atoms with Gasteiger partial charge in [0, 0.05) is 18.2 Å². The van der Waals surface area contributed by atoms with Crippen LogP contribution in [0.2, 0.25) is 0 Å². The Hall–Kier alpha value is -1.40. The van der Waals surface area contributed by atoms with Crippen molar-refractivity contribution < 1.29 is 24.5 Å². The third-order valence-electron chi connectivity index (χ3n) is 2.07. The monoisotopic (exact) mass is 245 g/mol. The van der Waals surface area contributed by atoms with Crippen LogP contribution in [0.5, 0.6) is 0 Å². The number of rotatable bonds is 9. The summed E-state index contributed by atoms with van der Waals surface area (Å²) in [5, 5.41) is 20.0. The lowest BCUT2D eigenvalue weighted by Crippen LogP contribution is -2.35. The number of esters is 1. The molecular weight excluding hydrogens is 226 g/mol. The molecule has 1 atom stereocenters. The highest BCUT2D eigenvalue weighted by Crippen LogP contribution is 2.00. The minimum absolute atomic E-state index is 0.0499. The number of aliphatic hydroxyl groups is 1. The number of aliphatic hydroxyl groups excluding tert-OH is 1. The molecular formula is C11H19NO5. The van der Waals surface area contributed by atoms with E-state index in [1.807, 2.05) is 0 Å². The van der Waals surface area contributed by atoms with Crippen LogP contribution in [-0.4, -0.2) is 48.0 Å². The average Bonchev–Trinajstić information content (AvgIpc) is 2.25. The van der Waals surface area contributed by atoms with Crippen molar-refractivity contribution in [1.82, 2.24) is 5.32 Å². The Kier molecular flexibility index (Phi) is 8.00. The first-order chi connectivity index (χ1) is 7.97. The van der Waals surface area contributed by atoms with Crippen LogP contribution in [0.4, 0.5) is 0 Å². The third kappa shape index (κ3) is 8.41. The molecule has 0 spiro atoms. The molecule has 0 saturated carbocycles. The zero-order chi connectivity index (χ0) is 13.3. The van der Waals surface area contributed by atoms with Gasteiger partial charge in [0.25, 0.3) is 0 Å². The minimum atomic E-state index is -0.966. The summed E-state index contributed by atoms with van der Waals surface area (Å²) in [6, 6.07) is -0.186. The number of aliphatic carboxylic acids is 1. The summed E-state index contributed by atoms with van der Waals surface area (Å²) in [7, 11) is 0. The molecule has 17 heavy (non-hydrogen) atoms. The van der Waals surface area contributed by atoms with Crippen molar-refractivity contribution in [3.8, 4) is 0 Å². The molecule has 0 aromatic carbocycles. The van der Waals surface area contributed by atoms with Crippen molar-refractivity contribution >= 4 is 11.9 Å². The van der Waals surface area contributed by atoms with Crippen molar-refractivity contribution in [2.45, 2.75) is 25.8 Å². The number of carbonyl (C=O) groups is 2. The Morgan fingerprint density at radius 1 is 1.41 bits per heavy atom. The lowest BCUT2D eigenvalue weighted by atomic mass is 10.1. The molecule has 0 radical (unpaired) electrons. The van der Waals surface area contributed by atoms with Crippen LogP contribution in [0.3, 0.4) is 0 Å². The number of ether oxygens (including phenoxy) is 1. The molecule has 98 valence electrons. The largest absolute Gasteiger partial charge is 0.480 e. The van der Waals surface area contributed by atoms with E-state index in [4.69, 9.17) is 14.9 Å².